The number of allylic oxidation sites excluding steroid dienone is 3. The van der Waals surface area contributed by atoms with Crippen LogP contribution in [0.3, 0.4) is 0 Å². The highest BCUT2D eigenvalue weighted by atomic mass is 32.1. The molecule has 1 aliphatic carbocycles. The van der Waals surface area contributed by atoms with Gasteiger partial charge in [0.1, 0.15) is 22.8 Å². The topological polar surface area (TPSA) is 44.6 Å². The summed E-state index contributed by atoms with van der Waals surface area (Å²) in [4.78, 5) is 21.5. The molecule has 1 fully saturated rings. The summed E-state index contributed by atoms with van der Waals surface area (Å²) in [5, 5.41) is 1.32. The van der Waals surface area contributed by atoms with E-state index in [4.69, 9.17) is 9.98 Å². The van der Waals surface area contributed by atoms with Gasteiger partial charge in [0.2, 0.25) is 0 Å². The van der Waals surface area contributed by atoms with Crippen LogP contribution >= 0.6 is 11.3 Å². The first-order valence-corrected chi connectivity index (χ1v) is 11.0. The maximum atomic E-state index is 4.74. The van der Waals surface area contributed by atoms with Gasteiger partial charge in [-0.15, -0.1) is 11.3 Å². The maximum absolute atomic E-state index is 4.74. The predicted molar refractivity (Wildman–Crippen MR) is 120 cm³/mol. The van der Waals surface area contributed by atoms with E-state index in [1.54, 1.807) is 6.33 Å². The van der Waals surface area contributed by atoms with Crippen molar-refractivity contribution in [1.29, 1.82) is 0 Å². The van der Waals surface area contributed by atoms with Crippen molar-refractivity contribution in [3.8, 4) is 0 Å². The molecule has 0 spiro atoms. The fourth-order valence-corrected chi connectivity index (χ4v) is 5.49. The van der Waals surface area contributed by atoms with E-state index in [-0.39, 0.29) is 0 Å². The minimum atomic E-state index is 0.965. The minimum Gasteiger partial charge on any atom is -0.357 e. The Morgan fingerprint density at radius 3 is 2.61 bits per heavy atom. The van der Waals surface area contributed by atoms with Gasteiger partial charge in [0.25, 0.3) is 0 Å². The molecule has 0 atom stereocenters. The second-order valence-corrected chi connectivity index (χ2v) is 8.94. The number of amidine groups is 1. The third-order valence-corrected chi connectivity index (χ3v) is 6.76. The van der Waals surface area contributed by atoms with Crippen molar-refractivity contribution >= 4 is 33.2 Å². The highest BCUT2D eigenvalue weighted by Crippen LogP contribution is 2.39. The molecule has 6 heteroatoms. The molecule has 0 radical (unpaired) electrons. The van der Waals surface area contributed by atoms with Crippen molar-refractivity contribution in [3.63, 3.8) is 0 Å². The number of aromatic nitrogens is 2. The molecule has 0 amide bonds. The van der Waals surface area contributed by atoms with E-state index in [1.165, 1.54) is 41.5 Å². The van der Waals surface area contributed by atoms with Gasteiger partial charge < -0.3 is 9.80 Å². The monoisotopic (exact) mass is 395 g/mol. The van der Waals surface area contributed by atoms with Crippen LogP contribution in [0.4, 0.5) is 5.82 Å². The minimum absolute atomic E-state index is 0.965. The van der Waals surface area contributed by atoms with Crippen LogP contribution in [0.5, 0.6) is 0 Å². The first-order chi connectivity index (χ1) is 13.5. The van der Waals surface area contributed by atoms with Crippen molar-refractivity contribution in [1.82, 2.24) is 14.9 Å². The number of thiophene rings is 1. The molecule has 1 saturated heterocycles. The van der Waals surface area contributed by atoms with Gasteiger partial charge in [-0.05, 0) is 58.1 Å². The van der Waals surface area contributed by atoms with E-state index >= 15 is 0 Å². The molecular formula is C22H29N5S. The summed E-state index contributed by atoms with van der Waals surface area (Å²) in [6, 6.07) is 0. The van der Waals surface area contributed by atoms with Crippen molar-refractivity contribution in [2.24, 2.45) is 4.99 Å². The molecule has 3 heterocycles. The molecule has 2 aromatic rings. The lowest BCUT2D eigenvalue weighted by molar-refractivity contribution is 0.382. The molecule has 1 aliphatic heterocycles. The van der Waals surface area contributed by atoms with Crippen molar-refractivity contribution < 1.29 is 0 Å². The third kappa shape index (κ3) is 3.83. The van der Waals surface area contributed by atoms with Crippen LogP contribution < -0.4 is 4.90 Å². The number of hydrogen-bond acceptors (Lipinski definition) is 5. The Hall–Kier alpha value is -2.21. The molecule has 4 rings (SSSR count). The zero-order chi connectivity index (χ0) is 19.7. The van der Waals surface area contributed by atoms with Crippen LogP contribution in [0.1, 0.15) is 44.1 Å². The van der Waals surface area contributed by atoms with E-state index in [0.29, 0.717) is 0 Å². The summed E-state index contributed by atoms with van der Waals surface area (Å²) in [7, 11) is 0. The Kier molecular flexibility index (Phi) is 5.49. The third-order valence-electron chi connectivity index (χ3n) is 5.56. The second kappa shape index (κ2) is 8.03. The standard InChI is InChI=1S/C22H29N5S/c1-15(2)13-16(3)25-17(4)26-9-11-27(12-10-26)21-20-18-7-5-6-8-19(18)28-22(20)24-14-23-21/h13-14H,1,5-12H2,2-4H3/b16-13-,25-17?. The summed E-state index contributed by atoms with van der Waals surface area (Å²) < 4.78 is 0. The van der Waals surface area contributed by atoms with Gasteiger partial charge >= 0.3 is 0 Å². The van der Waals surface area contributed by atoms with Gasteiger partial charge in [-0.2, -0.15) is 0 Å². The van der Waals surface area contributed by atoms with Gasteiger partial charge in [-0.25, -0.2) is 15.0 Å². The van der Waals surface area contributed by atoms with Crippen molar-refractivity contribution in [2.75, 3.05) is 31.1 Å². The number of hydrogen-bond donors (Lipinski definition) is 0. The zero-order valence-electron chi connectivity index (χ0n) is 17.2. The van der Waals surface area contributed by atoms with E-state index in [0.717, 1.165) is 53.9 Å². The molecule has 5 nitrogen and oxygen atoms in total. The highest BCUT2D eigenvalue weighted by Gasteiger charge is 2.25. The van der Waals surface area contributed by atoms with Crippen molar-refractivity contribution in [2.45, 2.75) is 46.5 Å². The molecule has 28 heavy (non-hydrogen) atoms. The Morgan fingerprint density at radius 1 is 1.11 bits per heavy atom. The molecule has 0 bridgehead atoms. The molecule has 0 saturated carbocycles. The van der Waals surface area contributed by atoms with Crippen LogP contribution in [0.25, 0.3) is 10.2 Å². The average molecular weight is 396 g/mol. The number of nitrogens with zero attached hydrogens (tertiary/aromatic N) is 5. The fourth-order valence-electron chi connectivity index (χ4n) is 4.27. The van der Waals surface area contributed by atoms with Crippen LogP contribution in [0.15, 0.2) is 35.2 Å². The Bertz CT molecular complexity index is 947. The van der Waals surface area contributed by atoms with Crippen LogP contribution in [0, 0.1) is 0 Å². The summed E-state index contributed by atoms with van der Waals surface area (Å²) in [5.41, 5.74) is 3.56. The fraction of sp³-hybridized carbons (Fsp3) is 0.500. The Labute approximate surface area is 171 Å². The smallest absolute Gasteiger partial charge is 0.141 e. The van der Waals surface area contributed by atoms with Gasteiger partial charge in [0, 0.05) is 36.8 Å². The van der Waals surface area contributed by atoms with Gasteiger partial charge in [-0.3, -0.25) is 0 Å². The van der Waals surface area contributed by atoms with E-state index in [9.17, 15) is 0 Å². The largest absolute Gasteiger partial charge is 0.357 e. The number of fused-ring (bicyclic) bond motifs is 3. The molecular weight excluding hydrogens is 366 g/mol. The molecule has 148 valence electrons. The van der Waals surface area contributed by atoms with E-state index in [1.807, 2.05) is 31.3 Å². The summed E-state index contributed by atoms with van der Waals surface area (Å²) in [5.74, 6) is 2.22. The summed E-state index contributed by atoms with van der Waals surface area (Å²) in [6.07, 6.45) is 8.74. The first kappa shape index (κ1) is 19.1. The lowest BCUT2D eigenvalue weighted by atomic mass is 9.97. The molecule has 0 aromatic carbocycles. The Morgan fingerprint density at radius 2 is 1.86 bits per heavy atom. The van der Waals surface area contributed by atoms with Crippen molar-refractivity contribution in [3.05, 3.63) is 40.7 Å². The van der Waals surface area contributed by atoms with Crippen LogP contribution in [-0.4, -0.2) is 46.9 Å². The van der Waals surface area contributed by atoms with E-state index in [2.05, 4.69) is 28.3 Å². The SMILES string of the molecule is C=C(C)/C=C(/C)N=C(C)N1CCN(c2ncnc3sc4c(c23)CCCC4)CC1. The summed E-state index contributed by atoms with van der Waals surface area (Å²) >= 11 is 1.87. The number of piperazine rings is 1. The van der Waals surface area contributed by atoms with E-state index < -0.39 is 0 Å². The van der Waals surface area contributed by atoms with Gasteiger partial charge in [0.15, 0.2) is 0 Å². The molecule has 2 aromatic heterocycles. The number of anilines is 1. The molecule has 0 N–H and O–H groups in total. The maximum Gasteiger partial charge on any atom is 0.141 e. The number of rotatable bonds is 3. The molecule has 0 unspecified atom stereocenters. The number of aryl methyl sites for hydroxylation is 2. The van der Waals surface area contributed by atoms with Gasteiger partial charge in [0.05, 0.1) is 5.39 Å². The van der Waals surface area contributed by atoms with Crippen LogP contribution in [-0.2, 0) is 12.8 Å². The zero-order valence-corrected chi connectivity index (χ0v) is 18.0. The van der Waals surface area contributed by atoms with Gasteiger partial charge in [-0.1, -0.05) is 12.2 Å². The first-order valence-electron chi connectivity index (χ1n) is 10.2. The second-order valence-electron chi connectivity index (χ2n) is 7.85. The highest BCUT2D eigenvalue weighted by molar-refractivity contribution is 7.19. The quantitative estimate of drug-likeness (QED) is 0.433. The average Bonchev–Trinajstić information content (AvgIpc) is 3.06. The Balaban J connectivity index is 1.52. The summed E-state index contributed by atoms with van der Waals surface area (Å²) in [6.45, 7) is 13.9. The normalized spacial score (nSPS) is 18.5. The lowest BCUT2D eigenvalue weighted by Gasteiger charge is -2.36. The predicted octanol–water partition coefficient (Wildman–Crippen LogP) is 4.59. The molecule has 2 aliphatic rings. The lowest BCUT2D eigenvalue weighted by Crippen LogP contribution is -2.48. The van der Waals surface area contributed by atoms with Crippen LogP contribution in [0.2, 0.25) is 0 Å². The number of aliphatic imine (C=N–C) groups is 1.